The molecule has 1 atom stereocenters. The number of hydrogen-bond acceptors (Lipinski definition) is 6. The van der Waals surface area contributed by atoms with E-state index in [9.17, 15) is 14.7 Å². The van der Waals surface area contributed by atoms with Gasteiger partial charge in [0.15, 0.2) is 0 Å². The number of halogens is 1. The van der Waals surface area contributed by atoms with Crippen LogP contribution in [0, 0.1) is 6.92 Å². The van der Waals surface area contributed by atoms with E-state index in [0.29, 0.717) is 46.0 Å². The van der Waals surface area contributed by atoms with E-state index in [1.807, 2.05) is 32.0 Å². The lowest BCUT2D eigenvalue weighted by atomic mass is 10.0. The van der Waals surface area contributed by atoms with Crippen molar-refractivity contribution in [1.82, 2.24) is 4.98 Å². The number of furan rings is 1. The zero-order valence-electron chi connectivity index (χ0n) is 21.7. The van der Waals surface area contributed by atoms with Crippen molar-refractivity contribution in [1.29, 1.82) is 0 Å². The highest BCUT2D eigenvalue weighted by atomic mass is 35.5. The number of benzene rings is 2. The highest BCUT2D eigenvalue weighted by molar-refractivity contribution is 6.32. The molecule has 39 heavy (non-hydrogen) atoms. The van der Waals surface area contributed by atoms with Gasteiger partial charge in [0, 0.05) is 48.9 Å². The van der Waals surface area contributed by atoms with E-state index < -0.39 is 5.97 Å². The molecule has 2 aromatic heterocycles. The zero-order valence-corrected chi connectivity index (χ0v) is 22.4. The summed E-state index contributed by atoms with van der Waals surface area (Å²) in [5.74, 6) is -0.0721. The molecule has 2 aromatic carbocycles. The van der Waals surface area contributed by atoms with Crippen molar-refractivity contribution in [3.8, 4) is 11.5 Å². The van der Waals surface area contributed by atoms with Gasteiger partial charge in [0.25, 0.3) is 5.91 Å². The molecule has 1 amide bonds. The van der Waals surface area contributed by atoms with Crippen molar-refractivity contribution >= 4 is 45.8 Å². The van der Waals surface area contributed by atoms with Crippen molar-refractivity contribution < 1.29 is 23.8 Å². The molecule has 1 saturated carbocycles. The van der Waals surface area contributed by atoms with Gasteiger partial charge in [-0.2, -0.15) is 0 Å². The number of aromatic nitrogens is 1. The Morgan fingerprint density at radius 3 is 2.67 bits per heavy atom. The number of amides is 1. The summed E-state index contributed by atoms with van der Waals surface area (Å²) < 4.78 is 12.2. The minimum absolute atomic E-state index is 0.0434. The summed E-state index contributed by atoms with van der Waals surface area (Å²) >= 11 is 6.58. The Kier molecular flexibility index (Phi) is 6.43. The summed E-state index contributed by atoms with van der Waals surface area (Å²) in [6.45, 7) is 5.04. The average molecular weight is 546 g/mol. The van der Waals surface area contributed by atoms with Gasteiger partial charge in [-0.25, -0.2) is 0 Å². The number of rotatable bonds is 7. The molecule has 0 spiro atoms. The molecule has 0 bridgehead atoms. The van der Waals surface area contributed by atoms with Crippen LogP contribution in [-0.2, 0) is 4.79 Å². The molecule has 2 aliphatic rings. The van der Waals surface area contributed by atoms with Crippen LogP contribution in [0.25, 0.3) is 11.0 Å². The van der Waals surface area contributed by atoms with E-state index in [1.165, 1.54) is 19.0 Å². The number of carbonyl (C=O) groups is 2. The fraction of sp³-hybridized carbons (Fsp3) is 0.300. The Morgan fingerprint density at radius 1 is 1.15 bits per heavy atom. The zero-order chi connectivity index (χ0) is 27.3. The number of ether oxygens (including phenoxy) is 1. The maximum absolute atomic E-state index is 13.9. The Bertz CT molecular complexity index is 1600. The predicted molar refractivity (Wildman–Crippen MR) is 149 cm³/mol. The van der Waals surface area contributed by atoms with Crippen LogP contribution >= 0.6 is 11.6 Å². The minimum Gasteiger partial charge on any atom is -0.481 e. The topological polar surface area (TPSA) is 96.1 Å². The highest BCUT2D eigenvalue weighted by Crippen LogP contribution is 2.42. The van der Waals surface area contributed by atoms with Gasteiger partial charge >= 0.3 is 5.97 Å². The van der Waals surface area contributed by atoms with Gasteiger partial charge in [-0.05, 0) is 49.6 Å². The van der Waals surface area contributed by atoms with E-state index in [-0.39, 0.29) is 18.2 Å². The van der Waals surface area contributed by atoms with Crippen molar-refractivity contribution in [3.05, 3.63) is 76.8 Å². The smallest absolute Gasteiger partial charge is 0.304 e. The number of pyridine rings is 1. The van der Waals surface area contributed by atoms with Gasteiger partial charge in [0.2, 0.25) is 0 Å². The van der Waals surface area contributed by atoms with Crippen LogP contribution in [0.4, 0.5) is 11.4 Å². The van der Waals surface area contributed by atoms with E-state index in [4.69, 9.17) is 20.8 Å². The van der Waals surface area contributed by atoms with Gasteiger partial charge in [-0.3, -0.25) is 14.6 Å². The number of hydrogen-bond donors (Lipinski definition) is 1. The van der Waals surface area contributed by atoms with Crippen molar-refractivity contribution in [2.24, 2.45) is 0 Å². The van der Waals surface area contributed by atoms with Crippen molar-refractivity contribution in [3.63, 3.8) is 0 Å². The first-order chi connectivity index (χ1) is 18.8. The van der Waals surface area contributed by atoms with E-state index >= 15 is 0 Å². The van der Waals surface area contributed by atoms with Crippen LogP contribution in [0.1, 0.15) is 53.8 Å². The SMILES string of the molecule is Cc1c(C(C)CC(=O)O)oc2cc(Cl)c(Oc3ccncc3C(=O)N3CCN(C4CC4)c4ccccc43)cc12. The third-order valence-electron chi connectivity index (χ3n) is 7.47. The molecule has 1 N–H and O–H groups in total. The summed E-state index contributed by atoms with van der Waals surface area (Å²) in [7, 11) is 0. The number of carbonyl (C=O) groups excluding carboxylic acids is 1. The summed E-state index contributed by atoms with van der Waals surface area (Å²) in [5, 5.41) is 10.3. The molecule has 3 heterocycles. The summed E-state index contributed by atoms with van der Waals surface area (Å²) in [6, 6.07) is 13.6. The fourth-order valence-electron chi connectivity index (χ4n) is 5.40. The number of aryl methyl sites for hydroxylation is 1. The molecule has 200 valence electrons. The van der Waals surface area contributed by atoms with E-state index in [2.05, 4.69) is 16.0 Å². The first kappa shape index (κ1) is 25.2. The molecule has 1 fully saturated rings. The number of anilines is 2. The second-order valence-electron chi connectivity index (χ2n) is 10.2. The van der Waals surface area contributed by atoms with Crippen LogP contribution in [0.5, 0.6) is 11.5 Å². The normalized spacial score (nSPS) is 15.8. The monoisotopic (exact) mass is 545 g/mol. The maximum Gasteiger partial charge on any atom is 0.304 e. The molecule has 0 radical (unpaired) electrons. The standard InChI is InChI=1S/C30H28ClN3O5/c1-17(13-28(35)36)29-18(2)20-14-27(22(31)15-26(20)39-29)38-25-9-10-32-16-21(25)30(37)34-12-11-33(19-7-8-19)23-5-3-4-6-24(23)34/h3-6,9-10,14-17,19H,7-8,11-13H2,1-2H3,(H,35,36). The Morgan fingerprint density at radius 2 is 1.92 bits per heavy atom. The maximum atomic E-state index is 13.9. The third kappa shape index (κ3) is 4.69. The Balaban J connectivity index is 1.32. The van der Waals surface area contributed by atoms with Gasteiger partial charge in [0.05, 0.1) is 22.8 Å². The Labute approximate surface area is 230 Å². The lowest BCUT2D eigenvalue weighted by molar-refractivity contribution is -0.137. The molecule has 6 rings (SSSR count). The first-order valence-electron chi connectivity index (χ1n) is 13.1. The molecule has 4 aromatic rings. The van der Waals surface area contributed by atoms with Gasteiger partial charge in [0.1, 0.15) is 28.4 Å². The number of aliphatic carboxylic acids is 1. The molecule has 1 aliphatic heterocycles. The lowest BCUT2D eigenvalue weighted by Gasteiger charge is -2.38. The second kappa shape index (κ2) is 9.93. The van der Waals surface area contributed by atoms with Crippen LogP contribution in [0.3, 0.4) is 0 Å². The Hall–Kier alpha value is -4.04. The molecule has 1 aliphatic carbocycles. The lowest BCUT2D eigenvalue weighted by Crippen LogP contribution is -2.45. The van der Waals surface area contributed by atoms with E-state index in [1.54, 1.807) is 29.3 Å². The molecular formula is C30H28ClN3O5. The highest BCUT2D eigenvalue weighted by Gasteiger charge is 2.36. The van der Waals surface area contributed by atoms with Crippen molar-refractivity contribution in [2.75, 3.05) is 22.9 Å². The molecule has 8 nitrogen and oxygen atoms in total. The minimum atomic E-state index is -0.893. The summed E-state index contributed by atoms with van der Waals surface area (Å²) in [6.07, 6.45) is 5.42. The van der Waals surface area contributed by atoms with Gasteiger partial charge < -0.3 is 24.1 Å². The van der Waals surface area contributed by atoms with Crippen LogP contribution in [-0.4, -0.2) is 41.1 Å². The largest absolute Gasteiger partial charge is 0.481 e. The number of para-hydroxylation sites is 2. The number of nitrogens with zero attached hydrogens (tertiary/aromatic N) is 3. The predicted octanol–water partition coefficient (Wildman–Crippen LogP) is 6.79. The van der Waals surface area contributed by atoms with E-state index in [0.717, 1.165) is 28.9 Å². The summed E-state index contributed by atoms with van der Waals surface area (Å²) in [4.78, 5) is 33.5. The average Bonchev–Trinajstić information content (AvgIpc) is 3.72. The van der Waals surface area contributed by atoms with Crippen LogP contribution < -0.4 is 14.5 Å². The first-order valence-corrected chi connectivity index (χ1v) is 13.4. The number of fused-ring (bicyclic) bond motifs is 2. The molecule has 1 unspecified atom stereocenters. The molecule has 0 saturated heterocycles. The third-order valence-corrected chi connectivity index (χ3v) is 7.76. The van der Waals surface area contributed by atoms with Gasteiger partial charge in [-0.15, -0.1) is 0 Å². The molecular weight excluding hydrogens is 518 g/mol. The quantitative estimate of drug-likeness (QED) is 0.273. The fourth-order valence-corrected chi connectivity index (χ4v) is 5.59. The summed E-state index contributed by atoms with van der Waals surface area (Å²) in [5.41, 5.74) is 3.67. The van der Waals surface area contributed by atoms with Crippen LogP contribution in [0.15, 0.2) is 59.3 Å². The van der Waals surface area contributed by atoms with Gasteiger partial charge in [-0.1, -0.05) is 30.7 Å². The molecule has 9 heteroatoms. The number of carboxylic acids is 1. The second-order valence-corrected chi connectivity index (χ2v) is 10.6. The number of carboxylic acid groups (broad SMARTS) is 1. The van der Waals surface area contributed by atoms with Crippen molar-refractivity contribution in [2.45, 2.75) is 45.1 Å². The van der Waals surface area contributed by atoms with Crippen LogP contribution in [0.2, 0.25) is 5.02 Å².